The summed E-state index contributed by atoms with van der Waals surface area (Å²) in [4.78, 5) is 6.34. The van der Waals surface area contributed by atoms with Crippen LogP contribution in [0.5, 0.6) is 0 Å². The minimum atomic E-state index is -0.474. The molecule has 0 amide bonds. The van der Waals surface area contributed by atoms with Crippen molar-refractivity contribution < 1.29 is 9.47 Å². The first-order chi connectivity index (χ1) is 24.0. The second kappa shape index (κ2) is 37.4. The summed E-state index contributed by atoms with van der Waals surface area (Å²) < 4.78 is 13.1. The molecule has 1 unspecified atom stereocenters. The van der Waals surface area contributed by atoms with Gasteiger partial charge in [-0.15, -0.1) is 0 Å². The predicted molar refractivity (Wildman–Crippen MR) is 217 cm³/mol. The maximum atomic E-state index is 6.63. The van der Waals surface area contributed by atoms with Gasteiger partial charge in [0.1, 0.15) is 0 Å². The van der Waals surface area contributed by atoms with Gasteiger partial charge in [-0.05, 0) is 84.6 Å². The summed E-state index contributed by atoms with van der Waals surface area (Å²) in [6, 6.07) is 0. The monoisotopic (exact) mass is 687 g/mol. The third kappa shape index (κ3) is 34.3. The summed E-state index contributed by atoms with van der Waals surface area (Å²) in [7, 11) is 2.09. The first-order valence-electron chi connectivity index (χ1n) is 20.6. The van der Waals surface area contributed by atoms with Crippen LogP contribution >= 0.6 is 0 Å². The molecule has 4 N–H and O–H groups in total. The number of nitrogens with zero attached hydrogens (tertiary/aromatic N) is 2. The molecule has 0 heterocycles. The van der Waals surface area contributed by atoms with Crippen LogP contribution in [0.2, 0.25) is 0 Å². The number of rotatable bonds is 37. The van der Waals surface area contributed by atoms with E-state index in [1.165, 1.54) is 116 Å². The molecule has 0 radical (unpaired) electrons. The summed E-state index contributed by atoms with van der Waals surface area (Å²) >= 11 is 0. The van der Waals surface area contributed by atoms with E-state index >= 15 is 0 Å². The summed E-state index contributed by atoms with van der Waals surface area (Å²) in [5.41, 5.74) is 11.0. The first-order valence-corrected chi connectivity index (χ1v) is 20.6. The van der Waals surface area contributed by atoms with Crippen molar-refractivity contribution >= 4 is 5.96 Å². The molecule has 6 heteroatoms. The van der Waals surface area contributed by atoms with Crippen molar-refractivity contribution in [1.82, 2.24) is 4.90 Å². The first kappa shape index (κ1) is 47.1. The molecule has 286 valence electrons. The van der Waals surface area contributed by atoms with E-state index in [2.05, 4.69) is 86.3 Å². The third-order valence-corrected chi connectivity index (χ3v) is 9.04. The van der Waals surface area contributed by atoms with E-state index in [9.17, 15) is 0 Å². The van der Waals surface area contributed by atoms with Gasteiger partial charge < -0.3 is 25.8 Å². The maximum absolute atomic E-state index is 6.63. The summed E-state index contributed by atoms with van der Waals surface area (Å²) in [6.07, 6.45) is 48.1. The van der Waals surface area contributed by atoms with E-state index in [-0.39, 0.29) is 5.96 Å². The van der Waals surface area contributed by atoms with Crippen LogP contribution in [0.3, 0.4) is 0 Å². The zero-order valence-corrected chi connectivity index (χ0v) is 33.0. The van der Waals surface area contributed by atoms with Crippen LogP contribution in [-0.2, 0) is 9.47 Å². The molecule has 0 aromatic carbocycles. The number of ether oxygens (including phenoxy) is 2. The molecule has 49 heavy (non-hydrogen) atoms. The Morgan fingerprint density at radius 3 is 1.47 bits per heavy atom. The molecule has 0 aliphatic heterocycles. The molecule has 0 saturated heterocycles. The van der Waals surface area contributed by atoms with Crippen LogP contribution in [0.15, 0.2) is 53.6 Å². The van der Waals surface area contributed by atoms with Gasteiger partial charge in [-0.2, -0.15) is 0 Å². The van der Waals surface area contributed by atoms with Gasteiger partial charge in [0.15, 0.2) is 11.7 Å². The zero-order valence-electron chi connectivity index (χ0n) is 33.0. The van der Waals surface area contributed by atoms with E-state index in [1.807, 2.05) is 0 Å². The lowest BCUT2D eigenvalue weighted by atomic mass is 9.98. The molecule has 0 aromatic heterocycles. The fourth-order valence-electron chi connectivity index (χ4n) is 5.97. The molecular weight excluding hydrogens is 604 g/mol. The van der Waals surface area contributed by atoms with Gasteiger partial charge in [-0.1, -0.05) is 133 Å². The Bertz CT molecular complexity index is 834. The maximum Gasteiger partial charge on any atom is 0.185 e. The molecule has 6 nitrogen and oxygen atoms in total. The standard InChI is InChI=1S/C43H82N4O2/c1-5-8-10-12-14-16-18-20-22-23-25-27-29-31-33-35-37-43(48-7-3,49-41-40-47(4)39-38-46-42(44)45)36-34-32-30-28-26-24-21-19-17-15-13-11-9-6-2/h13-16,19-22H,5-12,17-18,23-41H2,1-4H3,(H4,44,45,46)/b15-13-,16-14-,21-19+,22-20-. The normalized spacial score (nSPS) is 13.6. The molecule has 0 bridgehead atoms. The van der Waals surface area contributed by atoms with E-state index < -0.39 is 5.79 Å². The third-order valence-electron chi connectivity index (χ3n) is 9.04. The Balaban J connectivity index is 4.52. The van der Waals surface area contributed by atoms with E-state index in [4.69, 9.17) is 20.9 Å². The zero-order chi connectivity index (χ0) is 35.9. The predicted octanol–water partition coefficient (Wildman–Crippen LogP) is 11.6. The smallest absolute Gasteiger partial charge is 0.185 e. The lowest BCUT2D eigenvalue weighted by Crippen LogP contribution is -2.39. The average Bonchev–Trinajstić information content (AvgIpc) is 3.08. The molecule has 0 aliphatic rings. The van der Waals surface area contributed by atoms with Crippen molar-refractivity contribution in [3.63, 3.8) is 0 Å². The number of guanidine groups is 1. The highest BCUT2D eigenvalue weighted by Gasteiger charge is 2.30. The van der Waals surface area contributed by atoms with E-state index in [1.54, 1.807) is 0 Å². The topological polar surface area (TPSA) is 86.1 Å². The summed E-state index contributed by atoms with van der Waals surface area (Å²) in [5, 5.41) is 0. The largest absolute Gasteiger partial charge is 0.370 e. The minimum absolute atomic E-state index is 0.148. The number of likely N-dealkylation sites (N-methyl/N-ethyl adjacent to an activating group) is 1. The highest BCUT2D eigenvalue weighted by molar-refractivity contribution is 5.75. The molecule has 0 fully saturated rings. The van der Waals surface area contributed by atoms with Crippen LogP contribution in [0.4, 0.5) is 0 Å². The van der Waals surface area contributed by atoms with Crippen molar-refractivity contribution in [2.24, 2.45) is 16.5 Å². The molecule has 1 atom stereocenters. The lowest BCUT2D eigenvalue weighted by molar-refractivity contribution is -0.245. The molecular formula is C43H82N4O2. The summed E-state index contributed by atoms with van der Waals surface area (Å²) in [5.74, 6) is -0.326. The number of aliphatic imine (C=N–C) groups is 1. The quantitative estimate of drug-likeness (QED) is 0.0223. The SMILES string of the molecule is CCCC/C=C\C/C=C/CCCCCCCC(CCCCCCCC/C=C\C/C=C\CCCCC)(OCC)OCCN(C)CCN=C(N)N. The molecule has 0 aliphatic carbocycles. The highest BCUT2D eigenvalue weighted by atomic mass is 16.7. The second-order valence-electron chi connectivity index (χ2n) is 13.8. The Hall–Kier alpha value is -1.89. The van der Waals surface area contributed by atoms with Crippen LogP contribution < -0.4 is 11.5 Å². The Morgan fingerprint density at radius 2 is 1.00 bits per heavy atom. The van der Waals surface area contributed by atoms with Crippen LogP contribution in [0.25, 0.3) is 0 Å². The average molecular weight is 687 g/mol. The van der Waals surface area contributed by atoms with Gasteiger partial charge in [-0.25, -0.2) is 0 Å². The van der Waals surface area contributed by atoms with Gasteiger partial charge >= 0.3 is 0 Å². The summed E-state index contributed by atoms with van der Waals surface area (Å²) in [6.45, 7) is 10.2. The number of unbranched alkanes of at least 4 members (excludes halogenated alkanes) is 16. The number of nitrogens with two attached hydrogens (primary N) is 2. The van der Waals surface area contributed by atoms with Gasteiger partial charge in [0.25, 0.3) is 0 Å². The van der Waals surface area contributed by atoms with Crippen molar-refractivity contribution in [2.45, 2.75) is 181 Å². The van der Waals surface area contributed by atoms with Gasteiger partial charge in [-0.3, -0.25) is 4.99 Å². The van der Waals surface area contributed by atoms with Gasteiger partial charge in [0.05, 0.1) is 13.2 Å². The number of hydrogen-bond donors (Lipinski definition) is 2. The second-order valence-corrected chi connectivity index (χ2v) is 13.8. The number of allylic oxidation sites excluding steroid dienone is 8. The lowest BCUT2D eigenvalue weighted by Gasteiger charge is -2.35. The number of hydrogen-bond acceptors (Lipinski definition) is 4. The van der Waals surface area contributed by atoms with Crippen LogP contribution in [0.1, 0.15) is 175 Å². The van der Waals surface area contributed by atoms with Crippen LogP contribution in [0, 0.1) is 0 Å². The minimum Gasteiger partial charge on any atom is -0.370 e. The van der Waals surface area contributed by atoms with Crippen molar-refractivity contribution in [3.8, 4) is 0 Å². The fraction of sp³-hybridized carbons (Fsp3) is 0.791. The highest BCUT2D eigenvalue weighted by Crippen LogP contribution is 2.29. The molecule has 0 saturated carbocycles. The van der Waals surface area contributed by atoms with Gasteiger partial charge in [0, 0.05) is 32.5 Å². The van der Waals surface area contributed by atoms with Crippen molar-refractivity contribution in [1.29, 1.82) is 0 Å². The molecule has 0 spiro atoms. The van der Waals surface area contributed by atoms with Gasteiger partial charge in [0.2, 0.25) is 0 Å². The van der Waals surface area contributed by atoms with Crippen LogP contribution in [-0.4, -0.2) is 56.5 Å². The fourth-order valence-corrected chi connectivity index (χ4v) is 5.97. The Morgan fingerprint density at radius 1 is 0.551 bits per heavy atom. The molecule has 0 rings (SSSR count). The van der Waals surface area contributed by atoms with E-state index in [0.717, 1.165) is 51.6 Å². The van der Waals surface area contributed by atoms with Crippen molar-refractivity contribution in [3.05, 3.63) is 48.6 Å². The Kier molecular flexibility index (Phi) is 35.9. The molecule has 0 aromatic rings. The van der Waals surface area contributed by atoms with Crippen molar-refractivity contribution in [2.75, 3.05) is 39.9 Å². The van der Waals surface area contributed by atoms with E-state index in [0.29, 0.717) is 19.8 Å². The Labute approximate surface area is 305 Å².